The van der Waals surface area contributed by atoms with Crippen molar-refractivity contribution in [2.24, 2.45) is 5.73 Å². The quantitative estimate of drug-likeness (QED) is 0.841. The van der Waals surface area contributed by atoms with Gasteiger partial charge in [-0.2, -0.15) is 0 Å². The van der Waals surface area contributed by atoms with Crippen molar-refractivity contribution >= 4 is 23.1 Å². The molecule has 1 aromatic rings. The number of hydrogen-bond acceptors (Lipinski definition) is 4. The molecule has 5 nitrogen and oxygen atoms in total. The Bertz CT molecular complexity index is 548. The molecule has 1 aliphatic heterocycles. The number of amides is 1. The topological polar surface area (TPSA) is 58.8 Å². The minimum Gasteiger partial charge on any atom is -0.496 e. The number of benzene rings is 1. The first kappa shape index (κ1) is 15.7. The van der Waals surface area contributed by atoms with Crippen LogP contribution in [0.3, 0.4) is 0 Å². The molecule has 1 heterocycles. The van der Waals surface area contributed by atoms with Crippen LogP contribution in [-0.2, 0) is 11.3 Å². The molecule has 0 unspecified atom stereocenters. The summed E-state index contributed by atoms with van der Waals surface area (Å²) in [6, 6.07) is 5.80. The molecule has 6 heteroatoms. The first-order chi connectivity index (χ1) is 10.0. The first-order valence-corrected chi connectivity index (χ1v) is 7.35. The number of rotatable bonds is 4. The van der Waals surface area contributed by atoms with Crippen LogP contribution in [0.5, 0.6) is 5.75 Å². The zero-order valence-corrected chi connectivity index (χ0v) is 13.3. The molecule has 1 amide bonds. The van der Waals surface area contributed by atoms with Gasteiger partial charge >= 0.3 is 0 Å². The van der Waals surface area contributed by atoms with Crippen LogP contribution in [0.4, 0.5) is 0 Å². The largest absolute Gasteiger partial charge is 0.496 e. The molecule has 2 rings (SSSR count). The Balaban J connectivity index is 2.12. The van der Waals surface area contributed by atoms with Crippen molar-refractivity contribution in [1.29, 1.82) is 0 Å². The molecule has 1 aliphatic rings. The molecular weight excluding hydrogens is 286 g/mol. The van der Waals surface area contributed by atoms with Gasteiger partial charge in [-0.3, -0.25) is 9.69 Å². The van der Waals surface area contributed by atoms with Gasteiger partial charge in [0.1, 0.15) is 10.7 Å². The monoisotopic (exact) mass is 307 g/mol. The van der Waals surface area contributed by atoms with Crippen LogP contribution in [0.15, 0.2) is 18.2 Å². The van der Waals surface area contributed by atoms with Crippen LogP contribution in [0.25, 0.3) is 0 Å². The van der Waals surface area contributed by atoms with Gasteiger partial charge in [-0.15, -0.1) is 0 Å². The van der Waals surface area contributed by atoms with Crippen molar-refractivity contribution in [1.82, 2.24) is 9.80 Å². The third-order valence-corrected chi connectivity index (χ3v) is 3.91. The van der Waals surface area contributed by atoms with Gasteiger partial charge in [0.2, 0.25) is 5.91 Å². The van der Waals surface area contributed by atoms with Gasteiger partial charge in [-0.1, -0.05) is 18.3 Å². The Morgan fingerprint density at radius 2 is 2.19 bits per heavy atom. The molecule has 0 aromatic heterocycles. The number of carbonyl (C=O) groups is 1. The van der Waals surface area contributed by atoms with Gasteiger partial charge in [0, 0.05) is 26.7 Å². The van der Waals surface area contributed by atoms with Gasteiger partial charge in [-0.05, 0) is 24.1 Å². The average Bonchev–Trinajstić information content (AvgIpc) is 2.60. The minimum absolute atomic E-state index is 0.166. The van der Waals surface area contributed by atoms with Crippen LogP contribution < -0.4 is 10.5 Å². The summed E-state index contributed by atoms with van der Waals surface area (Å²) in [6.45, 7) is 2.90. The standard InChI is InChI=1S/C15H21N3O2S/c1-17-6-3-7-18(10-14(17)19)9-11-4-5-12(15(16)21)13(8-11)20-2/h4-5,8H,3,6-7,9-10H2,1-2H3,(H2,16,21). The highest BCUT2D eigenvalue weighted by atomic mass is 32.1. The SMILES string of the molecule is COc1cc(CN2CCCN(C)C(=O)C2)ccc1C(N)=S. The third kappa shape index (κ3) is 3.92. The van der Waals surface area contributed by atoms with Crippen LogP contribution in [-0.4, -0.2) is 54.5 Å². The molecule has 114 valence electrons. The van der Waals surface area contributed by atoms with Crippen molar-refractivity contribution in [3.63, 3.8) is 0 Å². The second-order valence-corrected chi connectivity index (χ2v) is 5.72. The highest BCUT2D eigenvalue weighted by molar-refractivity contribution is 7.80. The van der Waals surface area contributed by atoms with Crippen LogP contribution in [0, 0.1) is 0 Å². The molecular formula is C15H21N3O2S. The summed E-state index contributed by atoms with van der Waals surface area (Å²) in [7, 11) is 3.46. The van der Waals surface area contributed by atoms with E-state index < -0.39 is 0 Å². The Hall–Kier alpha value is -1.66. The summed E-state index contributed by atoms with van der Waals surface area (Å²) in [6.07, 6.45) is 0.990. The fraction of sp³-hybridized carbons (Fsp3) is 0.467. The van der Waals surface area contributed by atoms with E-state index in [1.54, 1.807) is 12.0 Å². The second-order valence-electron chi connectivity index (χ2n) is 5.28. The minimum atomic E-state index is 0.166. The molecule has 0 atom stereocenters. The van der Waals surface area contributed by atoms with E-state index in [0.717, 1.165) is 30.6 Å². The smallest absolute Gasteiger partial charge is 0.236 e. The summed E-state index contributed by atoms with van der Waals surface area (Å²) in [4.78, 5) is 16.2. The first-order valence-electron chi connectivity index (χ1n) is 6.94. The lowest BCUT2D eigenvalue weighted by atomic mass is 10.1. The number of carbonyl (C=O) groups excluding carboxylic acids is 1. The van der Waals surface area contributed by atoms with Crippen molar-refractivity contribution in [2.75, 3.05) is 33.8 Å². The normalized spacial score (nSPS) is 16.7. The highest BCUT2D eigenvalue weighted by Crippen LogP contribution is 2.21. The molecule has 0 aliphatic carbocycles. The third-order valence-electron chi connectivity index (χ3n) is 3.69. The molecule has 0 radical (unpaired) electrons. The number of likely N-dealkylation sites (N-methyl/N-ethyl adjacent to an activating group) is 1. The number of nitrogens with two attached hydrogens (primary N) is 1. The van der Waals surface area contributed by atoms with Gasteiger partial charge < -0.3 is 15.4 Å². The molecule has 2 N–H and O–H groups in total. The Morgan fingerprint density at radius 1 is 1.43 bits per heavy atom. The van der Waals surface area contributed by atoms with Crippen molar-refractivity contribution < 1.29 is 9.53 Å². The molecule has 1 fully saturated rings. The summed E-state index contributed by atoms with van der Waals surface area (Å²) < 4.78 is 5.34. The van der Waals surface area contributed by atoms with Crippen LogP contribution >= 0.6 is 12.2 Å². The summed E-state index contributed by atoms with van der Waals surface area (Å²) in [5.41, 5.74) is 7.50. The Labute approximate surface area is 130 Å². The van der Waals surface area contributed by atoms with Crippen molar-refractivity contribution in [2.45, 2.75) is 13.0 Å². The predicted molar refractivity (Wildman–Crippen MR) is 86.4 cm³/mol. The van der Waals surface area contributed by atoms with Gasteiger partial charge in [0.15, 0.2) is 0 Å². The van der Waals surface area contributed by atoms with E-state index in [9.17, 15) is 4.79 Å². The second kappa shape index (κ2) is 6.87. The molecule has 1 aromatic carbocycles. The molecule has 0 spiro atoms. The summed E-state index contributed by atoms with van der Waals surface area (Å²) >= 11 is 5.00. The van der Waals surface area contributed by atoms with Gasteiger partial charge in [-0.25, -0.2) is 0 Å². The van der Waals surface area contributed by atoms with E-state index in [1.807, 2.05) is 25.2 Å². The molecule has 1 saturated heterocycles. The summed E-state index contributed by atoms with van der Waals surface area (Å²) in [5.74, 6) is 0.845. The van der Waals surface area contributed by atoms with E-state index in [2.05, 4.69) is 4.90 Å². The van der Waals surface area contributed by atoms with E-state index in [0.29, 0.717) is 23.8 Å². The Kier molecular flexibility index (Phi) is 5.14. The van der Waals surface area contributed by atoms with E-state index in [1.165, 1.54) is 0 Å². The van der Waals surface area contributed by atoms with Crippen molar-refractivity contribution in [3.8, 4) is 5.75 Å². The zero-order chi connectivity index (χ0) is 15.4. The number of thiocarbonyl (C=S) groups is 1. The number of methoxy groups -OCH3 is 1. The van der Waals surface area contributed by atoms with Gasteiger partial charge in [0.25, 0.3) is 0 Å². The van der Waals surface area contributed by atoms with E-state index in [-0.39, 0.29) is 5.91 Å². The maximum atomic E-state index is 11.9. The Morgan fingerprint density at radius 3 is 2.86 bits per heavy atom. The number of hydrogen-bond donors (Lipinski definition) is 1. The lowest BCUT2D eigenvalue weighted by molar-refractivity contribution is -0.129. The van der Waals surface area contributed by atoms with Gasteiger partial charge in [0.05, 0.1) is 19.2 Å². The predicted octanol–water partition coefficient (Wildman–Crippen LogP) is 0.993. The lowest BCUT2D eigenvalue weighted by Gasteiger charge is -2.20. The van der Waals surface area contributed by atoms with Crippen LogP contribution in [0.1, 0.15) is 17.5 Å². The summed E-state index contributed by atoms with van der Waals surface area (Å²) in [5, 5.41) is 0. The van der Waals surface area contributed by atoms with E-state index in [4.69, 9.17) is 22.7 Å². The average molecular weight is 307 g/mol. The lowest BCUT2D eigenvalue weighted by Crippen LogP contribution is -2.34. The number of ether oxygens (including phenoxy) is 1. The fourth-order valence-electron chi connectivity index (χ4n) is 2.48. The number of nitrogens with zero attached hydrogens (tertiary/aromatic N) is 2. The maximum absolute atomic E-state index is 11.9. The van der Waals surface area contributed by atoms with E-state index >= 15 is 0 Å². The molecule has 0 bridgehead atoms. The van der Waals surface area contributed by atoms with Crippen molar-refractivity contribution in [3.05, 3.63) is 29.3 Å². The highest BCUT2D eigenvalue weighted by Gasteiger charge is 2.19. The fourth-order valence-corrected chi connectivity index (χ4v) is 2.65. The molecule has 21 heavy (non-hydrogen) atoms. The molecule has 0 saturated carbocycles. The zero-order valence-electron chi connectivity index (χ0n) is 12.5. The maximum Gasteiger partial charge on any atom is 0.236 e. The van der Waals surface area contributed by atoms with Crippen LogP contribution in [0.2, 0.25) is 0 Å².